The summed E-state index contributed by atoms with van der Waals surface area (Å²) >= 11 is 1.84. The van der Waals surface area contributed by atoms with E-state index in [0.717, 1.165) is 32.7 Å². The lowest BCUT2D eigenvalue weighted by Crippen LogP contribution is -2.15. The van der Waals surface area contributed by atoms with E-state index in [1.807, 2.05) is 11.3 Å². The van der Waals surface area contributed by atoms with Crippen molar-refractivity contribution in [3.05, 3.63) is 21.4 Å². The van der Waals surface area contributed by atoms with E-state index in [0.29, 0.717) is 0 Å². The maximum absolute atomic E-state index is 5.40. The number of thiophene rings is 1. The van der Waals surface area contributed by atoms with Gasteiger partial charge in [-0.05, 0) is 29.5 Å². The minimum Gasteiger partial charge on any atom is -0.376 e. The summed E-state index contributed by atoms with van der Waals surface area (Å²) in [6.07, 6.45) is 1.10. The van der Waals surface area contributed by atoms with Crippen molar-refractivity contribution in [1.82, 2.24) is 5.32 Å². The number of hydrogen-bond acceptors (Lipinski definition) is 3. The number of fused-ring (bicyclic) bond motifs is 1. The normalized spacial score (nSPS) is 15.8. The second-order valence-electron chi connectivity index (χ2n) is 3.25. The molecule has 1 N–H and O–H groups in total. The van der Waals surface area contributed by atoms with Crippen molar-refractivity contribution in [2.45, 2.75) is 26.5 Å². The molecule has 0 aliphatic carbocycles. The van der Waals surface area contributed by atoms with Gasteiger partial charge in [-0.2, -0.15) is 0 Å². The van der Waals surface area contributed by atoms with Gasteiger partial charge in [0.2, 0.25) is 0 Å². The lowest BCUT2D eigenvalue weighted by atomic mass is 10.1. The van der Waals surface area contributed by atoms with Crippen LogP contribution in [0.2, 0.25) is 0 Å². The average molecular weight is 197 g/mol. The number of hydrogen-bond donors (Lipinski definition) is 1. The predicted octanol–water partition coefficient (Wildman–Crippen LogP) is 1.93. The summed E-state index contributed by atoms with van der Waals surface area (Å²) in [6.45, 7) is 5.92. The number of nitrogens with one attached hydrogen (secondary N) is 1. The summed E-state index contributed by atoms with van der Waals surface area (Å²) in [5, 5.41) is 5.63. The maximum Gasteiger partial charge on any atom is 0.0812 e. The van der Waals surface area contributed by atoms with Crippen LogP contribution >= 0.6 is 11.3 Å². The minimum atomic E-state index is 0.826. The van der Waals surface area contributed by atoms with Crippen molar-refractivity contribution in [1.29, 1.82) is 0 Å². The Morgan fingerprint density at radius 2 is 2.54 bits per heavy atom. The van der Waals surface area contributed by atoms with Crippen LogP contribution in [0.15, 0.2) is 5.38 Å². The van der Waals surface area contributed by atoms with E-state index in [1.165, 1.54) is 16.0 Å². The molecule has 2 heterocycles. The van der Waals surface area contributed by atoms with Gasteiger partial charge in [-0.1, -0.05) is 6.92 Å². The smallest absolute Gasteiger partial charge is 0.0812 e. The van der Waals surface area contributed by atoms with Crippen molar-refractivity contribution in [2.75, 3.05) is 13.2 Å². The van der Waals surface area contributed by atoms with Gasteiger partial charge in [0.05, 0.1) is 13.2 Å². The van der Waals surface area contributed by atoms with Crippen LogP contribution in [0, 0.1) is 0 Å². The molecule has 1 aromatic rings. The van der Waals surface area contributed by atoms with E-state index >= 15 is 0 Å². The fraction of sp³-hybridized carbons (Fsp3) is 0.600. The third-order valence-electron chi connectivity index (χ3n) is 2.36. The molecule has 0 saturated carbocycles. The van der Waals surface area contributed by atoms with Crippen molar-refractivity contribution >= 4 is 11.3 Å². The molecular formula is C10H15NOS. The third kappa shape index (κ3) is 1.93. The summed E-state index contributed by atoms with van der Waals surface area (Å²) in [5.74, 6) is 0. The second kappa shape index (κ2) is 4.22. The Balaban J connectivity index is 2.12. The number of rotatable bonds is 3. The van der Waals surface area contributed by atoms with Crippen LogP contribution in [0.3, 0.4) is 0 Å². The van der Waals surface area contributed by atoms with Crippen molar-refractivity contribution in [3.8, 4) is 0 Å². The first-order chi connectivity index (χ1) is 6.42. The molecule has 2 rings (SSSR count). The molecule has 0 saturated heterocycles. The predicted molar refractivity (Wildman–Crippen MR) is 55.1 cm³/mol. The molecule has 0 bridgehead atoms. The first-order valence-electron chi connectivity index (χ1n) is 4.78. The van der Waals surface area contributed by atoms with Crippen molar-refractivity contribution < 1.29 is 4.74 Å². The zero-order chi connectivity index (χ0) is 9.10. The Labute approximate surface area is 82.9 Å². The summed E-state index contributed by atoms with van der Waals surface area (Å²) in [4.78, 5) is 1.43. The molecule has 2 nitrogen and oxygen atoms in total. The van der Waals surface area contributed by atoms with Gasteiger partial charge in [0.15, 0.2) is 0 Å². The second-order valence-corrected chi connectivity index (χ2v) is 4.21. The molecule has 0 fully saturated rings. The van der Waals surface area contributed by atoms with Crippen LogP contribution in [-0.4, -0.2) is 13.2 Å². The molecule has 13 heavy (non-hydrogen) atoms. The van der Waals surface area contributed by atoms with Crippen LogP contribution in [0.4, 0.5) is 0 Å². The van der Waals surface area contributed by atoms with Crippen LogP contribution < -0.4 is 5.32 Å². The Morgan fingerprint density at radius 1 is 1.62 bits per heavy atom. The van der Waals surface area contributed by atoms with Gasteiger partial charge in [-0.15, -0.1) is 11.3 Å². The zero-order valence-electron chi connectivity index (χ0n) is 7.93. The van der Waals surface area contributed by atoms with Crippen LogP contribution in [0.1, 0.15) is 22.9 Å². The first kappa shape index (κ1) is 9.19. The van der Waals surface area contributed by atoms with E-state index < -0.39 is 0 Å². The molecule has 0 spiro atoms. The van der Waals surface area contributed by atoms with E-state index in [2.05, 4.69) is 17.6 Å². The zero-order valence-corrected chi connectivity index (χ0v) is 8.75. The monoisotopic (exact) mass is 197 g/mol. The summed E-state index contributed by atoms with van der Waals surface area (Å²) < 4.78 is 5.40. The van der Waals surface area contributed by atoms with Crippen molar-refractivity contribution in [2.24, 2.45) is 0 Å². The molecule has 0 unspecified atom stereocenters. The molecule has 1 aliphatic rings. The summed E-state index contributed by atoms with van der Waals surface area (Å²) in [7, 11) is 0. The van der Waals surface area contributed by atoms with E-state index in [4.69, 9.17) is 4.74 Å². The first-order valence-corrected chi connectivity index (χ1v) is 5.66. The topological polar surface area (TPSA) is 21.3 Å². The molecule has 0 atom stereocenters. The van der Waals surface area contributed by atoms with Crippen LogP contribution in [0.5, 0.6) is 0 Å². The maximum atomic E-state index is 5.40. The molecule has 0 amide bonds. The van der Waals surface area contributed by atoms with Gasteiger partial charge in [0.25, 0.3) is 0 Å². The van der Waals surface area contributed by atoms with Gasteiger partial charge >= 0.3 is 0 Å². The Kier molecular flexibility index (Phi) is 2.98. The third-order valence-corrected chi connectivity index (χ3v) is 3.41. The minimum absolute atomic E-state index is 0.826. The van der Waals surface area contributed by atoms with Crippen LogP contribution in [0.25, 0.3) is 0 Å². The molecule has 72 valence electrons. The highest BCUT2D eigenvalue weighted by atomic mass is 32.1. The van der Waals surface area contributed by atoms with Gasteiger partial charge in [0.1, 0.15) is 0 Å². The molecule has 1 aromatic heterocycles. The fourth-order valence-corrected chi connectivity index (χ4v) is 2.67. The van der Waals surface area contributed by atoms with Gasteiger partial charge in [-0.3, -0.25) is 0 Å². The quantitative estimate of drug-likeness (QED) is 0.799. The van der Waals surface area contributed by atoms with E-state index in [-0.39, 0.29) is 0 Å². The Morgan fingerprint density at radius 3 is 3.38 bits per heavy atom. The SMILES string of the molecule is CCNCc1csc2c1CCOC2. The average Bonchev–Trinajstić information content (AvgIpc) is 2.58. The highest BCUT2D eigenvalue weighted by Crippen LogP contribution is 2.27. The standard InChI is InChI=1S/C10H15NOS/c1-2-11-5-8-7-13-10-6-12-4-3-9(8)10/h7,11H,2-6H2,1H3. The molecule has 0 aromatic carbocycles. The molecule has 3 heteroatoms. The summed E-state index contributed by atoms with van der Waals surface area (Å²) in [6, 6.07) is 0. The van der Waals surface area contributed by atoms with Crippen molar-refractivity contribution in [3.63, 3.8) is 0 Å². The fourth-order valence-electron chi connectivity index (χ4n) is 1.63. The molecule has 0 radical (unpaired) electrons. The Hall–Kier alpha value is -0.380. The van der Waals surface area contributed by atoms with Gasteiger partial charge in [0, 0.05) is 11.4 Å². The Bertz CT molecular complexity index is 282. The van der Waals surface area contributed by atoms with Crippen LogP contribution in [-0.2, 0) is 24.3 Å². The van der Waals surface area contributed by atoms with Gasteiger partial charge < -0.3 is 10.1 Å². The molecule has 1 aliphatic heterocycles. The van der Waals surface area contributed by atoms with E-state index in [1.54, 1.807) is 0 Å². The largest absolute Gasteiger partial charge is 0.376 e. The lowest BCUT2D eigenvalue weighted by molar-refractivity contribution is 0.113. The van der Waals surface area contributed by atoms with E-state index in [9.17, 15) is 0 Å². The summed E-state index contributed by atoms with van der Waals surface area (Å²) in [5.41, 5.74) is 3.02. The molecular weight excluding hydrogens is 182 g/mol. The highest BCUT2D eigenvalue weighted by molar-refractivity contribution is 7.10. The number of ether oxygens (including phenoxy) is 1. The highest BCUT2D eigenvalue weighted by Gasteiger charge is 2.14. The lowest BCUT2D eigenvalue weighted by Gasteiger charge is -2.13. The van der Waals surface area contributed by atoms with Gasteiger partial charge in [-0.25, -0.2) is 0 Å².